The molecular formula is C30H23OP. The molecule has 0 radical (unpaired) electrons. The Bertz CT molecular complexity index is 1450. The number of aryl methyl sites for hydroxylation is 2. The summed E-state index contributed by atoms with van der Waals surface area (Å²) in [5.74, 6) is 5.13. The van der Waals surface area contributed by atoms with Crippen LogP contribution in [0.5, 0.6) is 0 Å². The zero-order valence-electron chi connectivity index (χ0n) is 18.2. The van der Waals surface area contributed by atoms with Crippen molar-refractivity contribution >= 4 is 18.0 Å². The second-order valence-corrected chi connectivity index (χ2v) is 10.5. The number of hydrogen-bond donors (Lipinski definition) is 0. The Morgan fingerprint density at radius 3 is 2.12 bits per heavy atom. The van der Waals surface area contributed by atoms with E-state index in [-0.39, 0.29) is 0 Å². The zero-order chi connectivity index (χ0) is 22.1. The lowest BCUT2D eigenvalue weighted by Crippen LogP contribution is -2.05. The molecule has 1 aliphatic heterocycles. The van der Waals surface area contributed by atoms with Gasteiger partial charge in [0.25, 0.3) is 0 Å². The second-order valence-electron chi connectivity index (χ2n) is 8.19. The van der Waals surface area contributed by atoms with Gasteiger partial charge in [0.2, 0.25) is 7.14 Å². The molecule has 1 aliphatic rings. The van der Waals surface area contributed by atoms with Gasteiger partial charge in [-0.2, -0.15) is 0 Å². The Balaban J connectivity index is 1.87. The first-order chi connectivity index (χ1) is 15.5. The second kappa shape index (κ2) is 8.16. The van der Waals surface area contributed by atoms with Gasteiger partial charge < -0.3 is 4.57 Å². The van der Waals surface area contributed by atoms with E-state index in [4.69, 9.17) is 0 Å². The maximum atomic E-state index is 14.6. The van der Waals surface area contributed by atoms with Gasteiger partial charge in [-0.05, 0) is 76.9 Å². The minimum absolute atomic E-state index is 0.806. The van der Waals surface area contributed by atoms with Crippen LogP contribution in [0.25, 0.3) is 16.7 Å². The minimum Gasteiger partial charge on any atom is -0.300 e. The van der Waals surface area contributed by atoms with E-state index in [1.165, 1.54) is 11.1 Å². The average molecular weight is 430 g/mol. The van der Waals surface area contributed by atoms with Gasteiger partial charge in [-0.25, -0.2) is 0 Å². The van der Waals surface area contributed by atoms with E-state index in [1.807, 2.05) is 72.5 Å². The molecule has 4 aromatic carbocycles. The van der Waals surface area contributed by atoms with Gasteiger partial charge in [0.1, 0.15) is 0 Å². The van der Waals surface area contributed by atoms with Gasteiger partial charge in [0.15, 0.2) is 0 Å². The number of rotatable bonds is 1. The third-order valence-corrected chi connectivity index (χ3v) is 8.01. The highest BCUT2D eigenvalue weighted by molar-refractivity contribution is 7.79. The molecule has 154 valence electrons. The predicted octanol–water partition coefficient (Wildman–Crippen LogP) is 7.37. The lowest BCUT2D eigenvalue weighted by Gasteiger charge is -2.16. The molecule has 0 saturated heterocycles. The largest absolute Gasteiger partial charge is 0.300 e. The number of benzene rings is 4. The van der Waals surface area contributed by atoms with Crippen LogP contribution in [0.15, 0.2) is 103 Å². The molecule has 0 amide bonds. The summed E-state index contributed by atoms with van der Waals surface area (Å²) in [6, 6.07) is 32.4. The van der Waals surface area contributed by atoms with Crippen molar-refractivity contribution in [2.24, 2.45) is 0 Å². The van der Waals surface area contributed by atoms with Crippen LogP contribution in [-0.2, 0) is 4.57 Å². The van der Waals surface area contributed by atoms with E-state index in [0.29, 0.717) is 0 Å². The lowest BCUT2D eigenvalue weighted by molar-refractivity contribution is 0.593. The Morgan fingerprint density at radius 1 is 0.719 bits per heavy atom. The fourth-order valence-electron chi connectivity index (χ4n) is 4.44. The summed E-state index contributed by atoms with van der Waals surface area (Å²) in [4.78, 5) is 0. The van der Waals surface area contributed by atoms with Crippen molar-refractivity contribution in [1.82, 2.24) is 0 Å². The van der Waals surface area contributed by atoms with Crippen LogP contribution in [0.1, 0.15) is 27.8 Å². The van der Waals surface area contributed by atoms with Crippen molar-refractivity contribution in [1.29, 1.82) is 0 Å². The maximum absolute atomic E-state index is 14.6. The van der Waals surface area contributed by atoms with E-state index in [1.54, 1.807) is 0 Å². The molecule has 0 saturated carbocycles. The van der Waals surface area contributed by atoms with Crippen molar-refractivity contribution in [3.63, 3.8) is 0 Å². The SMILES string of the molecule is Cc1cc(C)c2c(c1)-c1ccccc1P(=O)(C#Cc1ccccc1)C=C2c1ccccc1. The molecule has 0 N–H and O–H groups in total. The van der Waals surface area contributed by atoms with Gasteiger partial charge in [-0.1, -0.05) is 90.3 Å². The van der Waals surface area contributed by atoms with Crippen LogP contribution in [-0.4, -0.2) is 0 Å². The van der Waals surface area contributed by atoms with Crippen molar-refractivity contribution in [3.05, 3.63) is 131 Å². The van der Waals surface area contributed by atoms with Crippen LogP contribution in [0, 0.1) is 25.4 Å². The normalized spacial score (nSPS) is 16.6. The van der Waals surface area contributed by atoms with E-state index in [0.717, 1.165) is 38.7 Å². The molecule has 1 atom stereocenters. The van der Waals surface area contributed by atoms with E-state index in [9.17, 15) is 4.57 Å². The summed E-state index contributed by atoms with van der Waals surface area (Å²) in [5, 5.41) is 0.806. The molecule has 0 fully saturated rings. The first kappa shape index (κ1) is 20.3. The van der Waals surface area contributed by atoms with Crippen molar-refractivity contribution in [2.45, 2.75) is 13.8 Å². The van der Waals surface area contributed by atoms with Gasteiger partial charge in [0, 0.05) is 10.9 Å². The molecule has 0 bridgehead atoms. The molecule has 1 unspecified atom stereocenters. The van der Waals surface area contributed by atoms with Crippen LogP contribution in [0.3, 0.4) is 0 Å². The lowest BCUT2D eigenvalue weighted by atomic mass is 9.87. The Morgan fingerprint density at radius 2 is 1.38 bits per heavy atom. The monoisotopic (exact) mass is 430 g/mol. The first-order valence-corrected chi connectivity index (χ1v) is 12.5. The highest BCUT2D eigenvalue weighted by Gasteiger charge is 2.31. The fraction of sp³-hybridized carbons (Fsp3) is 0.0667. The average Bonchev–Trinajstić information content (AvgIpc) is 2.93. The highest BCUT2D eigenvalue weighted by Crippen LogP contribution is 2.54. The summed E-state index contributed by atoms with van der Waals surface area (Å²) in [6.07, 6.45) is 0. The number of fused-ring (bicyclic) bond motifs is 3. The third-order valence-electron chi connectivity index (χ3n) is 5.84. The highest BCUT2D eigenvalue weighted by atomic mass is 31.2. The Kier molecular flexibility index (Phi) is 5.18. The van der Waals surface area contributed by atoms with Crippen molar-refractivity contribution in [2.75, 3.05) is 0 Å². The molecular weight excluding hydrogens is 407 g/mol. The maximum Gasteiger partial charge on any atom is 0.205 e. The van der Waals surface area contributed by atoms with Gasteiger partial charge >= 0.3 is 0 Å². The molecule has 0 aromatic heterocycles. The van der Waals surface area contributed by atoms with E-state index in [2.05, 4.69) is 55.8 Å². The predicted molar refractivity (Wildman–Crippen MR) is 135 cm³/mol. The van der Waals surface area contributed by atoms with Gasteiger partial charge in [-0.15, -0.1) is 0 Å². The molecule has 32 heavy (non-hydrogen) atoms. The van der Waals surface area contributed by atoms with E-state index < -0.39 is 7.14 Å². The third kappa shape index (κ3) is 3.64. The zero-order valence-corrected chi connectivity index (χ0v) is 19.1. The van der Waals surface area contributed by atoms with Crippen LogP contribution in [0.2, 0.25) is 0 Å². The minimum atomic E-state index is -3.17. The van der Waals surface area contributed by atoms with Crippen molar-refractivity contribution in [3.8, 4) is 22.7 Å². The van der Waals surface area contributed by atoms with Crippen LogP contribution < -0.4 is 5.30 Å². The molecule has 1 heterocycles. The topological polar surface area (TPSA) is 17.1 Å². The molecule has 5 rings (SSSR count). The number of hydrogen-bond acceptors (Lipinski definition) is 1. The van der Waals surface area contributed by atoms with Crippen LogP contribution >= 0.6 is 7.14 Å². The Labute approximate surface area is 189 Å². The first-order valence-electron chi connectivity index (χ1n) is 10.7. The van der Waals surface area contributed by atoms with E-state index >= 15 is 0 Å². The molecule has 4 aromatic rings. The molecule has 0 aliphatic carbocycles. The standard InChI is InChI=1S/C30H23OP/c1-22-19-23(2)30-27(20-22)26-15-9-10-16-29(26)32(31,18-17-24-11-5-3-6-12-24)21-28(30)25-13-7-4-8-14-25/h3-16,19-21H,1-2H3. The molecule has 2 heteroatoms. The summed E-state index contributed by atoms with van der Waals surface area (Å²) < 4.78 is 14.6. The van der Waals surface area contributed by atoms with Crippen molar-refractivity contribution < 1.29 is 4.57 Å². The summed E-state index contributed by atoms with van der Waals surface area (Å²) in [6.45, 7) is 4.25. The fourth-order valence-corrected chi connectivity index (χ4v) is 6.56. The van der Waals surface area contributed by atoms with Gasteiger partial charge in [-0.3, -0.25) is 0 Å². The molecule has 1 nitrogen and oxygen atoms in total. The molecule has 0 spiro atoms. The quantitative estimate of drug-likeness (QED) is 0.228. The van der Waals surface area contributed by atoms with Gasteiger partial charge in [0.05, 0.1) is 0 Å². The summed E-state index contributed by atoms with van der Waals surface area (Å²) in [5.41, 5.74) is 11.7. The van der Waals surface area contributed by atoms with Crippen LogP contribution in [0.4, 0.5) is 0 Å². The Hall–Kier alpha value is -3.59. The summed E-state index contributed by atoms with van der Waals surface area (Å²) in [7, 11) is -3.17. The smallest absolute Gasteiger partial charge is 0.205 e. The summed E-state index contributed by atoms with van der Waals surface area (Å²) >= 11 is 0.